The van der Waals surface area contributed by atoms with Crippen LogP contribution < -0.4 is 16.0 Å². The molecule has 0 radical (unpaired) electrons. The number of anilines is 1. The Bertz CT molecular complexity index is 856. The van der Waals surface area contributed by atoms with Crippen molar-refractivity contribution in [2.45, 2.75) is 26.8 Å². The summed E-state index contributed by atoms with van der Waals surface area (Å²) in [6, 6.07) is 14.3. The summed E-state index contributed by atoms with van der Waals surface area (Å²) in [5.41, 5.74) is 3.53. The molecule has 28 heavy (non-hydrogen) atoms. The van der Waals surface area contributed by atoms with Gasteiger partial charge in [-0.3, -0.25) is 14.4 Å². The van der Waals surface area contributed by atoms with Crippen LogP contribution in [-0.4, -0.2) is 30.3 Å². The topological polar surface area (TPSA) is 87.3 Å². The van der Waals surface area contributed by atoms with E-state index in [2.05, 4.69) is 16.0 Å². The minimum absolute atomic E-state index is 0.174. The molecule has 0 saturated carbocycles. The van der Waals surface area contributed by atoms with E-state index < -0.39 is 11.9 Å². The van der Waals surface area contributed by atoms with Crippen LogP contribution in [0, 0.1) is 13.8 Å². The maximum Gasteiger partial charge on any atom is 0.244 e. The lowest BCUT2D eigenvalue weighted by molar-refractivity contribution is -0.127. The molecule has 146 valence electrons. The fourth-order valence-corrected chi connectivity index (χ4v) is 2.58. The Morgan fingerprint density at radius 3 is 2.25 bits per heavy atom. The second-order valence-electron chi connectivity index (χ2n) is 6.51. The summed E-state index contributed by atoms with van der Waals surface area (Å²) in [5, 5.41) is 7.90. The second kappa shape index (κ2) is 10.1. The summed E-state index contributed by atoms with van der Waals surface area (Å²) in [4.78, 5) is 36.1. The Morgan fingerprint density at radius 2 is 1.61 bits per heavy atom. The zero-order valence-corrected chi connectivity index (χ0v) is 16.3. The summed E-state index contributed by atoms with van der Waals surface area (Å²) in [6.07, 6.45) is 3.03. The van der Waals surface area contributed by atoms with Crippen LogP contribution in [0.2, 0.25) is 0 Å². The van der Waals surface area contributed by atoms with Crippen molar-refractivity contribution in [2.24, 2.45) is 0 Å². The lowest BCUT2D eigenvalue weighted by atomic mass is 10.1. The third-order valence-corrected chi connectivity index (χ3v) is 4.15. The SMILES string of the molecule is Cc1cccc(C)c1NC(=O)CNC(=O)C(C)NC(=O)/C=C/c1ccccc1. The first-order valence-electron chi connectivity index (χ1n) is 9.04. The number of carbonyl (C=O) groups excluding carboxylic acids is 3. The highest BCUT2D eigenvalue weighted by Crippen LogP contribution is 2.18. The Kier molecular flexibility index (Phi) is 7.51. The molecule has 0 bridgehead atoms. The summed E-state index contributed by atoms with van der Waals surface area (Å²) >= 11 is 0. The molecule has 0 fully saturated rings. The van der Waals surface area contributed by atoms with Crippen molar-refractivity contribution in [3.05, 3.63) is 71.3 Å². The van der Waals surface area contributed by atoms with Crippen molar-refractivity contribution in [1.82, 2.24) is 10.6 Å². The lowest BCUT2D eigenvalue weighted by Crippen LogP contribution is -2.46. The number of nitrogens with one attached hydrogen (secondary N) is 3. The number of hydrogen-bond acceptors (Lipinski definition) is 3. The van der Waals surface area contributed by atoms with Gasteiger partial charge in [-0.15, -0.1) is 0 Å². The summed E-state index contributed by atoms with van der Waals surface area (Å²) in [6.45, 7) is 5.20. The van der Waals surface area contributed by atoms with Gasteiger partial charge in [0.1, 0.15) is 6.04 Å². The molecule has 0 saturated heterocycles. The van der Waals surface area contributed by atoms with Crippen LogP contribution in [0.25, 0.3) is 6.08 Å². The van der Waals surface area contributed by atoms with Gasteiger partial charge < -0.3 is 16.0 Å². The highest BCUT2D eigenvalue weighted by molar-refractivity contribution is 5.98. The molecule has 6 nitrogen and oxygen atoms in total. The summed E-state index contributed by atoms with van der Waals surface area (Å²) < 4.78 is 0. The average molecular weight is 379 g/mol. The van der Waals surface area contributed by atoms with Crippen LogP contribution in [0.15, 0.2) is 54.6 Å². The third-order valence-electron chi connectivity index (χ3n) is 4.15. The number of benzene rings is 2. The molecule has 3 amide bonds. The van der Waals surface area contributed by atoms with E-state index in [0.29, 0.717) is 0 Å². The van der Waals surface area contributed by atoms with Crippen molar-refractivity contribution in [1.29, 1.82) is 0 Å². The van der Waals surface area contributed by atoms with E-state index in [0.717, 1.165) is 22.4 Å². The number of carbonyl (C=O) groups is 3. The number of para-hydroxylation sites is 1. The number of rotatable bonds is 7. The molecule has 6 heteroatoms. The van der Waals surface area contributed by atoms with Crippen LogP contribution in [0.5, 0.6) is 0 Å². The average Bonchev–Trinajstić information content (AvgIpc) is 2.68. The quantitative estimate of drug-likeness (QED) is 0.646. The van der Waals surface area contributed by atoms with Crippen LogP contribution in [0.1, 0.15) is 23.6 Å². The largest absolute Gasteiger partial charge is 0.345 e. The van der Waals surface area contributed by atoms with Crippen LogP contribution in [-0.2, 0) is 14.4 Å². The van der Waals surface area contributed by atoms with Gasteiger partial charge in [0.05, 0.1) is 6.54 Å². The van der Waals surface area contributed by atoms with Gasteiger partial charge in [-0.1, -0.05) is 48.5 Å². The monoisotopic (exact) mass is 379 g/mol. The normalized spacial score (nSPS) is 11.7. The van der Waals surface area contributed by atoms with Crippen LogP contribution >= 0.6 is 0 Å². The third kappa shape index (κ3) is 6.39. The summed E-state index contributed by atoms with van der Waals surface area (Å²) in [7, 11) is 0. The molecule has 3 N–H and O–H groups in total. The molecule has 0 aromatic heterocycles. The van der Waals surface area contributed by atoms with Gasteiger partial charge in [-0.25, -0.2) is 0 Å². The van der Waals surface area contributed by atoms with Gasteiger partial charge in [-0.2, -0.15) is 0 Å². The molecule has 0 aliphatic carbocycles. The zero-order chi connectivity index (χ0) is 20.5. The van der Waals surface area contributed by atoms with E-state index in [1.807, 2.05) is 62.4 Å². The highest BCUT2D eigenvalue weighted by atomic mass is 16.2. The van der Waals surface area contributed by atoms with E-state index in [9.17, 15) is 14.4 Å². The Balaban J connectivity index is 1.79. The molecule has 0 aliphatic heterocycles. The maximum atomic E-state index is 12.1. The van der Waals surface area contributed by atoms with Gasteiger partial charge in [-0.05, 0) is 43.5 Å². The van der Waals surface area contributed by atoms with Crippen molar-refractivity contribution in [2.75, 3.05) is 11.9 Å². The minimum atomic E-state index is -0.763. The predicted molar refractivity (Wildman–Crippen MR) is 111 cm³/mol. The summed E-state index contributed by atoms with van der Waals surface area (Å²) in [5.74, 6) is -1.14. The van der Waals surface area contributed by atoms with E-state index in [1.54, 1.807) is 13.0 Å². The predicted octanol–water partition coefficient (Wildman–Crippen LogP) is 2.58. The van der Waals surface area contributed by atoms with E-state index in [4.69, 9.17) is 0 Å². The van der Waals surface area contributed by atoms with E-state index in [-0.39, 0.29) is 18.4 Å². The standard InChI is InChI=1S/C22H25N3O3/c1-15-8-7-9-16(2)21(15)25-20(27)14-23-22(28)17(3)24-19(26)13-12-18-10-5-4-6-11-18/h4-13,17H,14H2,1-3H3,(H,23,28)(H,24,26)(H,25,27)/b13-12+. The van der Waals surface area contributed by atoms with Crippen LogP contribution in [0.3, 0.4) is 0 Å². The lowest BCUT2D eigenvalue weighted by Gasteiger charge is -2.14. The van der Waals surface area contributed by atoms with Crippen molar-refractivity contribution in [3.63, 3.8) is 0 Å². The van der Waals surface area contributed by atoms with Gasteiger partial charge in [0.2, 0.25) is 17.7 Å². The van der Waals surface area contributed by atoms with Crippen LogP contribution in [0.4, 0.5) is 5.69 Å². The van der Waals surface area contributed by atoms with Gasteiger partial charge >= 0.3 is 0 Å². The number of aryl methyl sites for hydroxylation is 2. The van der Waals surface area contributed by atoms with Crippen molar-refractivity contribution in [3.8, 4) is 0 Å². The van der Waals surface area contributed by atoms with E-state index >= 15 is 0 Å². The van der Waals surface area contributed by atoms with Crippen molar-refractivity contribution < 1.29 is 14.4 Å². The first kappa shape index (κ1) is 20.9. The molecule has 1 atom stereocenters. The number of amides is 3. The first-order valence-corrected chi connectivity index (χ1v) is 9.04. The highest BCUT2D eigenvalue weighted by Gasteiger charge is 2.15. The van der Waals surface area contributed by atoms with Crippen molar-refractivity contribution >= 4 is 29.5 Å². The molecule has 0 heterocycles. The maximum absolute atomic E-state index is 12.1. The fraction of sp³-hybridized carbons (Fsp3) is 0.227. The second-order valence-corrected chi connectivity index (χ2v) is 6.51. The zero-order valence-electron chi connectivity index (χ0n) is 16.3. The molecule has 2 aromatic rings. The molecular weight excluding hydrogens is 354 g/mol. The Labute approximate surface area is 165 Å². The minimum Gasteiger partial charge on any atom is -0.345 e. The Morgan fingerprint density at radius 1 is 0.964 bits per heavy atom. The van der Waals surface area contributed by atoms with Gasteiger partial charge in [0, 0.05) is 11.8 Å². The van der Waals surface area contributed by atoms with Gasteiger partial charge in [0.15, 0.2) is 0 Å². The molecule has 0 spiro atoms. The molecule has 0 aliphatic rings. The van der Waals surface area contributed by atoms with Gasteiger partial charge in [0.25, 0.3) is 0 Å². The van der Waals surface area contributed by atoms with E-state index in [1.165, 1.54) is 6.08 Å². The first-order chi connectivity index (χ1) is 13.4. The Hall–Kier alpha value is -3.41. The fourth-order valence-electron chi connectivity index (χ4n) is 2.58. The molecule has 2 rings (SSSR count). The smallest absolute Gasteiger partial charge is 0.244 e. The molecule has 2 aromatic carbocycles. The molecule has 1 unspecified atom stereocenters. The molecular formula is C22H25N3O3. The number of hydrogen-bond donors (Lipinski definition) is 3.